The molecule has 0 spiro atoms. The topological polar surface area (TPSA) is 121 Å². The zero-order valence-corrected chi connectivity index (χ0v) is 8.86. The van der Waals surface area contributed by atoms with Crippen LogP contribution >= 0.6 is 0 Å². The molecule has 0 unspecified atom stereocenters. The number of hydrogen-bond acceptors (Lipinski definition) is 5. The van der Waals surface area contributed by atoms with Crippen molar-refractivity contribution >= 4 is 24.0 Å². The largest absolute Gasteiger partial charge is 0.478 e. The third-order valence-corrected chi connectivity index (χ3v) is 2.05. The minimum absolute atomic E-state index is 0.0122. The minimum atomic E-state index is -1.27. The lowest BCUT2D eigenvalue weighted by Gasteiger charge is -2.01. The van der Waals surface area contributed by atoms with Crippen LogP contribution < -0.4 is 0 Å². The standard InChI is InChI=1S/C11H6N2O5/c12-5-8-4-9(13(17)18)3-7(10(8)6-14)1-2-11(15)16/h1-4,6H,(H,15,16)/b2-1+. The Morgan fingerprint density at radius 1 is 1.50 bits per heavy atom. The normalized spacial score (nSPS) is 9.94. The van der Waals surface area contributed by atoms with Crippen molar-refractivity contribution in [2.75, 3.05) is 0 Å². The molecule has 0 saturated heterocycles. The maximum absolute atomic E-state index is 10.8. The van der Waals surface area contributed by atoms with Gasteiger partial charge in [-0.25, -0.2) is 4.79 Å². The maximum Gasteiger partial charge on any atom is 0.328 e. The number of benzene rings is 1. The second-order valence-corrected chi connectivity index (χ2v) is 3.15. The van der Waals surface area contributed by atoms with Crippen LogP contribution in [-0.2, 0) is 4.79 Å². The monoisotopic (exact) mass is 246 g/mol. The van der Waals surface area contributed by atoms with Gasteiger partial charge in [-0.05, 0) is 11.6 Å². The van der Waals surface area contributed by atoms with Crippen LogP contribution in [0.5, 0.6) is 0 Å². The summed E-state index contributed by atoms with van der Waals surface area (Å²) in [5, 5.41) is 27.9. The Kier molecular flexibility index (Phi) is 3.89. The van der Waals surface area contributed by atoms with E-state index in [-0.39, 0.29) is 22.4 Å². The van der Waals surface area contributed by atoms with E-state index >= 15 is 0 Å². The number of aldehydes is 1. The van der Waals surface area contributed by atoms with E-state index in [0.717, 1.165) is 24.3 Å². The van der Waals surface area contributed by atoms with Gasteiger partial charge in [0.15, 0.2) is 6.29 Å². The van der Waals surface area contributed by atoms with Crippen LogP contribution in [0.1, 0.15) is 21.5 Å². The molecule has 0 radical (unpaired) electrons. The zero-order chi connectivity index (χ0) is 13.7. The van der Waals surface area contributed by atoms with Gasteiger partial charge in [0.05, 0.1) is 10.5 Å². The lowest BCUT2D eigenvalue weighted by atomic mass is 10.0. The van der Waals surface area contributed by atoms with Gasteiger partial charge >= 0.3 is 5.97 Å². The molecule has 0 aliphatic rings. The number of nitro benzene ring substituents is 1. The number of aliphatic carboxylic acids is 1. The third-order valence-electron chi connectivity index (χ3n) is 2.05. The number of rotatable bonds is 4. The summed E-state index contributed by atoms with van der Waals surface area (Å²) in [4.78, 5) is 31.1. The number of carboxylic acid groups (broad SMARTS) is 1. The molecule has 0 amide bonds. The number of nitriles is 1. The molecule has 1 aromatic rings. The molecule has 0 aliphatic carbocycles. The average molecular weight is 246 g/mol. The summed E-state index contributed by atoms with van der Waals surface area (Å²) in [7, 11) is 0. The lowest BCUT2D eigenvalue weighted by Crippen LogP contribution is -1.97. The van der Waals surface area contributed by atoms with E-state index in [1.54, 1.807) is 6.07 Å². The van der Waals surface area contributed by atoms with E-state index in [0.29, 0.717) is 6.29 Å². The van der Waals surface area contributed by atoms with Crippen molar-refractivity contribution in [3.05, 3.63) is 45.0 Å². The van der Waals surface area contributed by atoms with Gasteiger partial charge in [-0.15, -0.1) is 0 Å². The highest BCUT2D eigenvalue weighted by atomic mass is 16.6. The van der Waals surface area contributed by atoms with Gasteiger partial charge < -0.3 is 5.11 Å². The van der Waals surface area contributed by atoms with Gasteiger partial charge in [-0.2, -0.15) is 5.26 Å². The van der Waals surface area contributed by atoms with Crippen molar-refractivity contribution in [2.24, 2.45) is 0 Å². The molecule has 7 heteroatoms. The number of nitrogens with zero attached hydrogens (tertiary/aromatic N) is 2. The Labute approximate surface area is 101 Å². The highest BCUT2D eigenvalue weighted by Crippen LogP contribution is 2.22. The fraction of sp³-hybridized carbons (Fsp3) is 0. The van der Waals surface area contributed by atoms with Crippen molar-refractivity contribution in [1.29, 1.82) is 5.26 Å². The summed E-state index contributed by atoms with van der Waals surface area (Å²) in [6.07, 6.45) is 2.11. The Balaban J connectivity index is 3.51. The van der Waals surface area contributed by atoms with Crippen molar-refractivity contribution in [2.45, 2.75) is 0 Å². The van der Waals surface area contributed by atoms with Gasteiger partial charge in [0, 0.05) is 23.8 Å². The minimum Gasteiger partial charge on any atom is -0.478 e. The summed E-state index contributed by atoms with van der Waals surface area (Å²) in [6, 6.07) is 3.64. The van der Waals surface area contributed by atoms with E-state index in [4.69, 9.17) is 10.4 Å². The molecule has 0 bridgehead atoms. The van der Waals surface area contributed by atoms with Gasteiger partial charge in [0.1, 0.15) is 6.07 Å². The van der Waals surface area contributed by atoms with Gasteiger partial charge in [0.2, 0.25) is 0 Å². The number of nitro groups is 1. The highest BCUT2D eigenvalue weighted by Gasteiger charge is 2.14. The summed E-state index contributed by atoms with van der Waals surface area (Å²) in [5.74, 6) is -1.27. The van der Waals surface area contributed by atoms with Crippen LogP contribution in [0.4, 0.5) is 5.69 Å². The Morgan fingerprint density at radius 2 is 2.17 bits per heavy atom. The van der Waals surface area contributed by atoms with E-state index in [1.165, 1.54) is 0 Å². The first-order valence-electron chi connectivity index (χ1n) is 4.58. The zero-order valence-electron chi connectivity index (χ0n) is 8.86. The molecule has 1 aromatic carbocycles. The molecular weight excluding hydrogens is 240 g/mol. The third kappa shape index (κ3) is 2.76. The van der Waals surface area contributed by atoms with E-state index < -0.39 is 10.9 Å². The van der Waals surface area contributed by atoms with E-state index in [9.17, 15) is 19.7 Å². The summed E-state index contributed by atoms with van der Waals surface area (Å²) >= 11 is 0. The lowest BCUT2D eigenvalue weighted by molar-refractivity contribution is -0.384. The predicted octanol–water partition coefficient (Wildman–Crippen LogP) is 1.38. The van der Waals surface area contributed by atoms with Gasteiger partial charge in [-0.1, -0.05) is 0 Å². The first-order valence-corrected chi connectivity index (χ1v) is 4.58. The summed E-state index contributed by atoms with van der Waals surface area (Å²) < 4.78 is 0. The van der Waals surface area contributed by atoms with Crippen molar-refractivity contribution < 1.29 is 19.6 Å². The Bertz CT molecular complexity index is 598. The van der Waals surface area contributed by atoms with E-state index in [2.05, 4.69) is 0 Å². The summed E-state index contributed by atoms with van der Waals surface area (Å²) in [6.45, 7) is 0. The van der Waals surface area contributed by atoms with E-state index in [1.807, 2.05) is 0 Å². The molecule has 0 fully saturated rings. The maximum atomic E-state index is 10.8. The number of carbonyl (C=O) groups excluding carboxylic acids is 1. The number of non-ortho nitro benzene ring substituents is 1. The number of hydrogen-bond donors (Lipinski definition) is 1. The molecule has 1 N–H and O–H groups in total. The molecular formula is C11H6N2O5. The second-order valence-electron chi connectivity index (χ2n) is 3.15. The van der Waals surface area contributed by atoms with Crippen LogP contribution in [0.3, 0.4) is 0 Å². The molecule has 7 nitrogen and oxygen atoms in total. The molecule has 0 saturated carbocycles. The highest BCUT2D eigenvalue weighted by molar-refractivity contribution is 5.91. The smallest absolute Gasteiger partial charge is 0.328 e. The Hall–Kier alpha value is -3.01. The van der Waals surface area contributed by atoms with Crippen molar-refractivity contribution in [3.8, 4) is 6.07 Å². The second kappa shape index (κ2) is 5.36. The van der Waals surface area contributed by atoms with Crippen LogP contribution in [-0.4, -0.2) is 22.3 Å². The molecule has 90 valence electrons. The molecule has 0 atom stereocenters. The average Bonchev–Trinajstić information content (AvgIpc) is 2.34. The predicted molar refractivity (Wildman–Crippen MR) is 59.9 cm³/mol. The first kappa shape index (κ1) is 13.1. The number of carboxylic acids is 1. The molecule has 1 rings (SSSR count). The molecule has 0 heterocycles. The van der Waals surface area contributed by atoms with Crippen molar-refractivity contribution in [3.63, 3.8) is 0 Å². The quantitative estimate of drug-likeness (QED) is 0.370. The Morgan fingerprint density at radius 3 is 2.61 bits per heavy atom. The molecule has 18 heavy (non-hydrogen) atoms. The van der Waals surface area contributed by atoms with Crippen LogP contribution in [0.2, 0.25) is 0 Å². The number of carbonyl (C=O) groups is 2. The molecule has 0 aromatic heterocycles. The van der Waals surface area contributed by atoms with Gasteiger partial charge in [-0.3, -0.25) is 14.9 Å². The SMILES string of the molecule is N#Cc1cc([N+](=O)[O-])cc(/C=C/C(=O)O)c1C=O. The fourth-order valence-corrected chi connectivity index (χ4v) is 1.29. The van der Waals surface area contributed by atoms with Crippen LogP contribution in [0.15, 0.2) is 18.2 Å². The first-order chi connectivity index (χ1) is 8.49. The van der Waals surface area contributed by atoms with Gasteiger partial charge in [0.25, 0.3) is 5.69 Å². The summed E-state index contributed by atoms with van der Waals surface area (Å²) in [5.41, 5.74) is -0.634. The molecule has 0 aliphatic heterocycles. The van der Waals surface area contributed by atoms with Crippen molar-refractivity contribution in [1.82, 2.24) is 0 Å². The van der Waals surface area contributed by atoms with Crippen LogP contribution in [0.25, 0.3) is 6.08 Å². The van der Waals surface area contributed by atoms with Crippen LogP contribution in [0, 0.1) is 21.4 Å². The fourth-order valence-electron chi connectivity index (χ4n) is 1.29.